The van der Waals surface area contributed by atoms with E-state index < -0.39 is 0 Å². The van der Waals surface area contributed by atoms with Crippen LogP contribution in [0.25, 0.3) is 0 Å². The van der Waals surface area contributed by atoms with Gasteiger partial charge in [0.2, 0.25) is 0 Å². The molecule has 3 heteroatoms. The molecule has 3 nitrogen and oxygen atoms in total. The first kappa shape index (κ1) is 8.53. The van der Waals surface area contributed by atoms with Crippen LogP contribution in [0, 0.1) is 0 Å². The van der Waals surface area contributed by atoms with Crippen LogP contribution in [0.3, 0.4) is 0 Å². The monoisotopic (exact) mass is 179 g/mol. The summed E-state index contributed by atoms with van der Waals surface area (Å²) in [5.74, 6) is 0. The zero-order chi connectivity index (χ0) is 9.26. The van der Waals surface area contributed by atoms with E-state index in [0.717, 1.165) is 11.3 Å². The summed E-state index contributed by atoms with van der Waals surface area (Å²) in [5.41, 5.74) is 2.00. The number of aliphatic hydroxyl groups is 2. The van der Waals surface area contributed by atoms with Gasteiger partial charge in [-0.3, -0.25) is 0 Å². The van der Waals surface area contributed by atoms with Crippen LogP contribution in [-0.4, -0.2) is 29.4 Å². The van der Waals surface area contributed by atoms with Gasteiger partial charge in [-0.05, 0) is 17.7 Å². The summed E-state index contributed by atoms with van der Waals surface area (Å²) in [6.45, 7) is 1.48. The van der Waals surface area contributed by atoms with Gasteiger partial charge in [0.25, 0.3) is 0 Å². The smallest absolute Gasteiger partial charge is 0.0889 e. The fourth-order valence-corrected chi connectivity index (χ4v) is 1.52. The van der Waals surface area contributed by atoms with Gasteiger partial charge >= 0.3 is 0 Å². The lowest BCUT2D eigenvalue weighted by atomic mass is 10.1. The minimum atomic E-state index is -0.183. The molecule has 0 aliphatic carbocycles. The predicted octanol–water partition coefficient (Wildman–Crippen LogP) is 0.360. The van der Waals surface area contributed by atoms with Crippen LogP contribution in [-0.2, 0) is 6.61 Å². The van der Waals surface area contributed by atoms with Crippen molar-refractivity contribution in [2.45, 2.75) is 12.7 Å². The third kappa shape index (κ3) is 1.66. The summed E-state index contributed by atoms with van der Waals surface area (Å²) in [6, 6.07) is 7.75. The van der Waals surface area contributed by atoms with Crippen LogP contribution in [0.2, 0.25) is 0 Å². The van der Waals surface area contributed by atoms with Gasteiger partial charge in [0.1, 0.15) is 0 Å². The number of rotatable bonds is 2. The molecule has 0 bridgehead atoms. The average molecular weight is 179 g/mol. The molecular weight excluding hydrogens is 166 g/mol. The lowest BCUT2D eigenvalue weighted by molar-refractivity contribution is 0.142. The fourth-order valence-electron chi connectivity index (χ4n) is 1.52. The lowest BCUT2D eigenvalue weighted by Gasteiger charge is -2.38. The molecule has 0 amide bonds. The summed E-state index contributed by atoms with van der Waals surface area (Å²) in [4.78, 5) is 2.09. The van der Waals surface area contributed by atoms with E-state index in [4.69, 9.17) is 10.2 Å². The Kier molecular flexibility index (Phi) is 2.20. The zero-order valence-corrected chi connectivity index (χ0v) is 7.35. The molecule has 0 atom stereocenters. The van der Waals surface area contributed by atoms with Crippen LogP contribution in [0.1, 0.15) is 5.56 Å². The fraction of sp³-hybridized carbons (Fsp3) is 0.400. The molecule has 0 saturated carbocycles. The molecule has 1 aromatic rings. The molecule has 2 N–H and O–H groups in total. The van der Waals surface area contributed by atoms with Crippen molar-refractivity contribution in [3.05, 3.63) is 29.8 Å². The summed E-state index contributed by atoms with van der Waals surface area (Å²) in [6.07, 6.45) is -0.183. The molecule has 0 spiro atoms. The molecule has 1 aliphatic rings. The van der Waals surface area contributed by atoms with E-state index >= 15 is 0 Å². The Labute approximate surface area is 77.2 Å². The SMILES string of the molecule is OCc1cccc(N2CC(O)C2)c1. The second-order valence-electron chi connectivity index (χ2n) is 3.39. The summed E-state index contributed by atoms with van der Waals surface area (Å²) in [5, 5.41) is 18.0. The van der Waals surface area contributed by atoms with E-state index in [2.05, 4.69) is 4.90 Å². The molecular formula is C10H13NO2. The third-order valence-electron chi connectivity index (χ3n) is 2.32. The number of aliphatic hydroxyl groups excluding tert-OH is 2. The first-order chi connectivity index (χ1) is 6.29. The van der Waals surface area contributed by atoms with Gasteiger partial charge in [0, 0.05) is 18.8 Å². The van der Waals surface area contributed by atoms with Crippen LogP contribution < -0.4 is 4.90 Å². The number of benzene rings is 1. The molecule has 0 unspecified atom stereocenters. The zero-order valence-electron chi connectivity index (χ0n) is 7.35. The quantitative estimate of drug-likeness (QED) is 0.689. The molecule has 1 fully saturated rings. The Bertz CT molecular complexity index is 295. The normalized spacial score (nSPS) is 17.2. The summed E-state index contributed by atoms with van der Waals surface area (Å²) >= 11 is 0. The maximum Gasteiger partial charge on any atom is 0.0889 e. The summed E-state index contributed by atoms with van der Waals surface area (Å²) in [7, 11) is 0. The molecule has 13 heavy (non-hydrogen) atoms. The molecule has 1 aromatic carbocycles. The largest absolute Gasteiger partial charge is 0.392 e. The Hall–Kier alpha value is -1.06. The number of β-amino-alcohol motifs (C(OH)–C–C–N with tert-alkyl or cyclic N) is 1. The van der Waals surface area contributed by atoms with Crippen molar-refractivity contribution in [1.82, 2.24) is 0 Å². The van der Waals surface area contributed by atoms with Crippen molar-refractivity contribution < 1.29 is 10.2 Å². The highest BCUT2D eigenvalue weighted by molar-refractivity contribution is 5.50. The molecule has 1 aliphatic heterocycles. The summed E-state index contributed by atoms with van der Waals surface area (Å²) < 4.78 is 0. The molecule has 0 aromatic heterocycles. The minimum Gasteiger partial charge on any atom is -0.392 e. The Morgan fingerprint density at radius 1 is 1.38 bits per heavy atom. The van der Waals surface area contributed by atoms with E-state index in [1.807, 2.05) is 24.3 Å². The number of hydrogen-bond donors (Lipinski definition) is 2. The van der Waals surface area contributed by atoms with Gasteiger partial charge in [-0.25, -0.2) is 0 Å². The first-order valence-electron chi connectivity index (χ1n) is 4.42. The highest BCUT2D eigenvalue weighted by Crippen LogP contribution is 2.21. The van der Waals surface area contributed by atoms with Crippen molar-refractivity contribution in [1.29, 1.82) is 0 Å². The highest BCUT2D eigenvalue weighted by Gasteiger charge is 2.24. The van der Waals surface area contributed by atoms with Crippen LogP contribution in [0.4, 0.5) is 5.69 Å². The lowest BCUT2D eigenvalue weighted by Crippen LogP contribution is -2.50. The van der Waals surface area contributed by atoms with Gasteiger partial charge in [-0.2, -0.15) is 0 Å². The number of anilines is 1. The molecule has 0 radical (unpaired) electrons. The maximum atomic E-state index is 9.12. The first-order valence-corrected chi connectivity index (χ1v) is 4.42. The van der Waals surface area contributed by atoms with Crippen LogP contribution >= 0.6 is 0 Å². The molecule has 1 heterocycles. The van der Waals surface area contributed by atoms with E-state index in [0.29, 0.717) is 13.1 Å². The highest BCUT2D eigenvalue weighted by atomic mass is 16.3. The Balaban J connectivity index is 2.12. The van der Waals surface area contributed by atoms with Crippen LogP contribution in [0.5, 0.6) is 0 Å². The van der Waals surface area contributed by atoms with E-state index in [1.165, 1.54) is 0 Å². The van der Waals surface area contributed by atoms with Crippen molar-refractivity contribution in [2.75, 3.05) is 18.0 Å². The van der Waals surface area contributed by atoms with E-state index in [9.17, 15) is 0 Å². The third-order valence-corrected chi connectivity index (χ3v) is 2.32. The van der Waals surface area contributed by atoms with E-state index in [-0.39, 0.29) is 12.7 Å². The molecule has 70 valence electrons. The Morgan fingerprint density at radius 3 is 2.77 bits per heavy atom. The second kappa shape index (κ2) is 3.36. The van der Waals surface area contributed by atoms with Crippen molar-refractivity contribution in [3.63, 3.8) is 0 Å². The van der Waals surface area contributed by atoms with Crippen molar-refractivity contribution in [2.24, 2.45) is 0 Å². The van der Waals surface area contributed by atoms with Gasteiger partial charge in [0.05, 0.1) is 12.7 Å². The Morgan fingerprint density at radius 2 is 2.15 bits per heavy atom. The van der Waals surface area contributed by atoms with Crippen molar-refractivity contribution >= 4 is 5.69 Å². The van der Waals surface area contributed by atoms with Gasteiger partial charge in [-0.15, -0.1) is 0 Å². The number of nitrogens with zero attached hydrogens (tertiary/aromatic N) is 1. The maximum absolute atomic E-state index is 9.12. The minimum absolute atomic E-state index is 0.0736. The second-order valence-corrected chi connectivity index (χ2v) is 3.39. The predicted molar refractivity (Wildman–Crippen MR) is 50.6 cm³/mol. The standard InChI is InChI=1S/C10H13NO2/c12-7-8-2-1-3-9(4-8)11-5-10(13)6-11/h1-4,10,12-13H,5-7H2. The topological polar surface area (TPSA) is 43.7 Å². The van der Waals surface area contributed by atoms with Gasteiger partial charge < -0.3 is 15.1 Å². The van der Waals surface area contributed by atoms with Crippen LogP contribution in [0.15, 0.2) is 24.3 Å². The van der Waals surface area contributed by atoms with Crippen molar-refractivity contribution in [3.8, 4) is 0 Å². The van der Waals surface area contributed by atoms with E-state index in [1.54, 1.807) is 0 Å². The van der Waals surface area contributed by atoms with Gasteiger partial charge in [0.15, 0.2) is 0 Å². The molecule has 1 saturated heterocycles. The molecule has 2 rings (SSSR count). The van der Waals surface area contributed by atoms with Gasteiger partial charge in [-0.1, -0.05) is 12.1 Å². The average Bonchev–Trinajstić information content (AvgIpc) is 2.13. The number of hydrogen-bond acceptors (Lipinski definition) is 3.